The first-order chi connectivity index (χ1) is 9.70. The number of amides is 1. The molecule has 1 fully saturated rings. The summed E-state index contributed by atoms with van der Waals surface area (Å²) in [6.07, 6.45) is 4.49. The molecule has 4 heteroatoms. The zero-order valence-electron chi connectivity index (χ0n) is 12.4. The monoisotopic (exact) mass is 292 g/mol. The molecule has 3 nitrogen and oxygen atoms in total. The zero-order valence-corrected chi connectivity index (χ0v) is 13.2. The van der Waals surface area contributed by atoms with E-state index in [0.29, 0.717) is 18.3 Å². The van der Waals surface area contributed by atoms with Gasteiger partial charge in [0.1, 0.15) is 0 Å². The molecule has 0 aliphatic carbocycles. The molecule has 1 aliphatic rings. The number of likely N-dealkylation sites (tertiary alicyclic amines) is 1. The van der Waals surface area contributed by atoms with Crippen LogP contribution in [0.15, 0.2) is 24.3 Å². The molecule has 1 aliphatic heterocycles. The maximum absolute atomic E-state index is 11.7. The molecule has 1 N–H and O–H groups in total. The summed E-state index contributed by atoms with van der Waals surface area (Å²) in [4.78, 5) is 14.2. The Kier molecular flexibility index (Phi) is 5.92. The van der Waals surface area contributed by atoms with Gasteiger partial charge in [0.2, 0.25) is 5.91 Å². The molecule has 1 unspecified atom stereocenters. The number of thioether (sulfide) groups is 1. The predicted molar refractivity (Wildman–Crippen MR) is 86.1 cm³/mol. The van der Waals surface area contributed by atoms with Gasteiger partial charge in [-0.2, -0.15) is 11.8 Å². The van der Waals surface area contributed by atoms with E-state index in [4.69, 9.17) is 0 Å². The molecular formula is C16H24N2OS. The summed E-state index contributed by atoms with van der Waals surface area (Å²) in [7, 11) is 0. The van der Waals surface area contributed by atoms with Crippen molar-refractivity contribution >= 4 is 17.7 Å². The molecule has 0 aromatic heterocycles. The van der Waals surface area contributed by atoms with Crippen molar-refractivity contribution in [2.45, 2.75) is 25.8 Å². The molecule has 1 aromatic carbocycles. The summed E-state index contributed by atoms with van der Waals surface area (Å²) < 4.78 is 0. The summed E-state index contributed by atoms with van der Waals surface area (Å²) in [6.45, 7) is 5.09. The first-order valence-electron chi connectivity index (χ1n) is 7.27. The van der Waals surface area contributed by atoms with Crippen LogP contribution in [0, 0.1) is 6.92 Å². The second-order valence-corrected chi connectivity index (χ2v) is 6.27. The Bertz CT molecular complexity index is 427. The highest BCUT2D eigenvalue weighted by molar-refractivity contribution is 7.99. The molecular weight excluding hydrogens is 268 g/mol. The van der Waals surface area contributed by atoms with Crippen molar-refractivity contribution in [3.8, 4) is 0 Å². The van der Waals surface area contributed by atoms with Gasteiger partial charge in [0, 0.05) is 6.54 Å². The number of hydrogen-bond acceptors (Lipinski definition) is 3. The minimum atomic E-state index is 0.133. The number of aryl methyl sites for hydroxylation is 1. The number of carbonyl (C=O) groups excluding carboxylic acids is 1. The number of nitrogens with one attached hydrogen (secondary N) is 1. The van der Waals surface area contributed by atoms with Crippen molar-refractivity contribution in [2.24, 2.45) is 0 Å². The fourth-order valence-electron chi connectivity index (χ4n) is 2.69. The molecule has 2 rings (SSSR count). The van der Waals surface area contributed by atoms with Crippen molar-refractivity contribution in [3.63, 3.8) is 0 Å². The van der Waals surface area contributed by atoms with Gasteiger partial charge in [-0.3, -0.25) is 9.69 Å². The lowest BCUT2D eigenvalue weighted by Crippen LogP contribution is -2.37. The van der Waals surface area contributed by atoms with Gasteiger partial charge in [-0.1, -0.05) is 29.8 Å². The van der Waals surface area contributed by atoms with Gasteiger partial charge >= 0.3 is 0 Å². The van der Waals surface area contributed by atoms with Crippen molar-refractivity contribution < 1.29 is 4.79 Å². The largest absolute Gasteiger partial charge is 0.353 e. The number of rotatable bonds is 6. The highest BCUT2D eigenvalue weighted by Gasteiger charge is 2.23. The lowest BCUT2D eigenvalue weighted by Gasteiger charge is -2.28. The molecule has 1 aromatic rings. The van der Waals surface area contributed by atoms with E-state index in [9.17, 15) is 4.79 Å². The highest BCUT2D eigenvalue weighted by Crippen LogP contribution is 2.24. The van der Waals surface area contributed by atoms with Crippen LogP contribution in [0.5, 0.6) is 0 Å². The second-order valence-electron chi connectivity index (χ2n) is 5.41. The number of hydrogen-bond donors (Lipinski definition) is 1. The Labute approximate surface area is 126 Å². The maximum atomic E-state index is 11.7. The van der Waals surface area contributed by atoms with E-state index in [1.807, 2.05) is 6.26 Å². The molecule has 0 spiro atoms. The van der Waals surface area contributed by atoms with Gasteiger partial charge in [0.05, 0.1) is 11.8 Å². The Morgan fingerprint density at radius 1 is 1.30 bits per heavy atom. The Balaban J connectivity index is 2.04. The normalized spacial score (nSPS) is 17.1. The Morgan fingerprint density at radius 3 is 2.55 bits per heavy atom. The van der Waals surface area contributed by atoms with Crippen LogP contribution >= 0.6 is 11.8 Å². The van der Waals surface area contributed by atoms with Crippen LogP contribution in [0.1, 0.15) is 30.0 Å². The summed E-state index contributed by atoms with van der Waals surface area (Å²) >= 11 is 1.57. The minimum Gasteiger partial charge on any atom is -0.353 e. The molecule has 1 saturated heterocycles. The van der Waals surface area contributed by atoms with Gasteiger partial charge < -0.3 is 5.32 Å². The standard InChI is InChI=1S/C16H24N2OS/c1-13-5-7-14(8-6-13)15(18-9-3-4-10-18)11-17-16(19)12-20-2/h5-8,15H,3-4,9-12H2,1-2H3,(H,17,19). The first-order valence-corrected chi connectivity index (χ1v) is 8.66. The quantitative estimate of drug-likeness (QED) is 0.875. The van der Waals surface area contributed by atoms with Crippen LogP contribution < -0.4 is 5.32 Å². The van der Waals surface area contributed by atoms with Crippen molar-refractivity contribution in [2.75, 3.05) is 31.6 Å². The van der Waals surface area contributed by atoms with E-state index in [-0.39, 0.29) is 5.91 Å². The van der Waals surface area contributed by atoms with E-state index < -0.39 is 0 Å². The van der Waals surface area contributed by atoms with Gasteiger partial charge in [-0.15, -0.1) is 0 Å². The highest BCUT2D eigenvalue weighted by atomic mass is 32.2. The van der Waals surface area contributed by atoms with E-state index in [1.54, 1.807) is 11.8 Å². The Morgan fingerprint density at radius 2 is 1.95 bits per heavy atom. The van der Waals surface area contributed by atoms with E-state index in [1.165, 1.54) is 24.0 Å². The van der Waals surface area contributed by atoms with Gasteiger partial charge in [0.25, 0.3) is 0 Å². The van der Waals surface area contributed by atoms with Crippen LogP contribution in [-0.4, -0.2) is 42.4 Å². The number of benzene rings is 1. The number of nitrogens with zero attached hydrogens (tertiary/aromatic N) is 1. The van der Waals surface area contributed by atoms with Gasteiger partial charge in [-0.05, 0) is 44.7 Å². The fraction of sp³-hybridized carbons (Fsp3) is 0.562. The third-order valence-corrected chi connectivity index (χ3v) is 4.36. The molecule has 1 amide bonds. The smallest absolute Gasteiger partial charge is 0.230 e. The van der Waals surface area contributed by atoms with Crippen molar-refractivity contribution in [1.82, 2.24) is 10.2 Å². The Hall–Kier alpha value is -1.00. The van der Waals surface area contributed by atoms with E-state index >= 15 is 0 Å². The average molecular weight is 292 g/mol. The molecule has 0 saturated carbocycles. The third kappa shape index (κ3) is 4.25. The van der Waals surface area contributed by atoms with E-state index in [0.717, 1.165) is 13.1 Å². The predicted octanol–water partition coefficient (Wildman–Crippen LogP) is 2.61. The summed E-state index contributed by atoms with van der Waals surface area (Å²) in [5, 5.41) is 3.07. The van der Waals surface area contributed by atoms with Crippen LogP contribution in [0.4, 0.5) is 0 Å². The van der Waals surface area contributed by atoms with Crippen molar-refractivity contribution in [3.05, 3.63) is 35.4 Å². The lowest BCUT2D eigenvalue weighted by molar-refractivity contribution is -0.118. The second kappa shape index (κ2) is 7.70. The molecule has 1 heterocycles. The molecule has 1 atom stereocenters. The fourth-order valence-corrected chi connectivity index (χ4v) is 3.06. The number of carbonyl (C=O) groups is 1. The SMILES string of the molecule is CSCC(=O)NCC(c1ccc(C)cc1)N1CCCC1. The topological polar surface area (TPSA) is 32.3 Å². The van der Waals surface area contributed by atoms with Crippen molar-refractivity contribution in [1.29, 1.82) is 0 Å². The summed E-state index contributed by atoms with van der Waals surface area (Å²) in [5.41, 5.74) is 2.59. The van der Waals surface area contributed by atoms with Gasteiger partial charge in [0.15, 0.2) is 0 Å². The van der Waals surface area contributed by atoms with Gasteiger partial charge in [-0.25, -0.2) is 0 Å². The third-order valence-electron chi connectivity index (χ3n) is 3.81. The van der Waals surface area contributed by atoms with Crippen LogP contribution in [0.2, 0.25) is 0 Å². The molecule has 20 heavy (non-hydrogen) atoms. The minimum absolute atomic E-state index is 0.133. The molecule has 0 radical (unpaired) electrons. The first kappa shape index (κ1) is 15.4. The zero-order chi connectivity index (χ0) is 14.4. The average Bonchev–Trinajstić information content (AvgIpc) is 2.95. The van der Waals surface area contributed by atoms with Crippen LogP contribution in [0.3, 0.4) is 0 Å². The molecule has 110 valence electrons. The maximum Gasteiger partial charge on any atom is 0.230 e. The van der Waals surface area contributed by atoms with E-state index in [2.05, 4.69) is 41.4 Å². The lowest BCUT2D eigenvalue weighted by atomic mass is 10.0. The van der Waals surface area contributed by atoms with Crippen LogP contribution in [0.25, 0.3) is 0 Å². The summed E-state index contributed by atoms with van der Waals surface area (Å²) in [5.74, 6) is 0.675. The van der Waals surface area contributed by atoms with Crippen LogP contribution in [-0.2, 0) is 4.79 Å². The molecule has 0 bridgehead atoms. The summed E-state index contributed by atoms with van der Waals surface area (Å²) in [6, 6.07) is 9.01.